The Morgan fingerprint density at radius 2 is 1.39 bits per heavy atom. The standard InChI is InChI=1S/C13H27NO4/c1-3-7-16-10-13(14,11-17-8-4-2)12-18-9-5-6-15/h6H,3-5,7-12,14H2,1-2H3. The van der Waals surface area contributed by atoms with E-state index in [1.54, 1.807) is 0 Å². The van der Waals surface area contributed by atoms with Gasteiger partial charge in [0.15, 0.2) is 0 Å². The first-order chi connectivity index (χ1) is 8.68. The minimum Gasteiger partial charge on any atom is -0.379 e. The summed E-state index contributed by atoms with van der Waals surface area (Å²) >= 11 is 0. The summed E-state index contributed by atoms with van der Waals surface area (Å²) in [5, 5.41) is 0. The number of hydrogen-bond acceptors (Lipinski definition) is 5. The van der Waals surface area contributed by atoms with Crippen LogP contribution in [0, 0.1) is 0 Å². The minimum absolute atomic E-state index is 0.342. The third-order valence-corrected chi connectivity index (χ3v) is 2.25. The van der Waals surface area contributed by atoms with Gasteiger partial charge in [-0.2, -0.15) is 0 Å². The number of rotatable bonds is 13. The largest absolute Gasteiger partial charge is 0.379 e. The first-order valence-electron chi connectivity index (χ1n) is 6.64. The van der Waals surface area contributed by atoms with Crippen molar-refractivity contribution in [3.05, 3.63) is 0 Å². The Bertz CT molecular complexity index is 189. The van der Waals surface area contributed by atoms with Crippen LogP contribution in [-0.2, 0) is 19.0 Å². The van der Waals surface area contributed by atoms with Crippen LogP contribution < -0.4 is 5.73 Å². The van der Waals surface area contributed by atoms with Gasteiger partial charge in [0.25, 0.3) is 0 Å². The fraction of sp³-hybridized carbons (Fsp3) is 0.923. The summed E-state index contributed by atoms with van der Waals surface area (Å²) in [4.78, 5) is 10.2. The van der Waals surface area contributed by atoms with Crippen LogP contribution in [-0.4, -0.2) is 51.5 Å². The zero-order chi connectivity index (χ0) is 13.7. The molecule has 0 aliphatic rings. The number of ether oxygens (including phenoxy) is 3. The third kappa shape index (κ3) is 9.53. The molecule has 0 saturated carbocycles. The van der Waals surface area contributed by atoms with Crippen molar-refractivity contribution in [2.75, 3.05) is 39.6 Å². The fourth-order valence-corrected chi connectivity index (χ4v) is 1.37. The third-order valence-electron chi connectivity index (χ3n) is 2.25. The molecule has 0 spiro atoms. The Labute approximate surface area is 110 Å². The lowest BCUT2D eigenvalue weighted by atomic mass is 10.1. The van der Waals surface area contributed by atoms with E-state index in [1.165, 1.54) is 0 Å². The number of carbonyl (C=O) groups is 1. The van der Waals surface area contributed by atoms with Crippen molar-refractivity contribution >= 4 is 6.29 Å². The summed E-state index contributed by atoms with van der Waals surface area (Å²) in [5.74, 6) is 0. The van der Waals surface area contributed by atoms with E-state index < -0.39 is 5.54 Å². The van der Waals surface area contributed by atoms with Gasteiger partial charge in [-0.3, -0.25) is 0 Å². The van der Waals surface area contributed by atoms with Crippen LogP contribution in [0.1, 0.15) is 33.1 Å². The van der Waals surface area contributed by atoms with Gasteiger partial charge >= 0.3 is 0 Å². The summed E-state index contributed by atoms with van der Waals surface area (Å²) in [6.07, 6.45) is 3.14. The summed E-state index contributed by atoms with van der Waals surface area (Å²) < 4.78 is 16.3. The van der Waals surface area contributed by atoms with Crippen molar-refractivity contribution in [3.8, 4) is 0 Å². The fourth-order valence-electron chi connectivity index (χ4n) is 1.37. The van der Waals surface area contributed by atoms with Crippen molar-refractivity contribution in [2.45, 2.75) is 38.6 Å². The highest BCUT2D eigenvalue weighted by Gasteiger charge is 2.26. The van der Waals surface area contributed by atoms with Crippen molar-refractivity contribution in [1.29, 1.82) is 0 Å². The molecule has 5 nitrogen and oxygen atoms in total. The molecule has 0 aromatic carbocycles. The molecule has 0 amide bonds. The zero-order valence-electron chi connectivity index (χ0n) is 11.7. The van der Waals surface area contributed by atoms with Crippen LogP contribution in [0.15, 0.2) is 0 Å². The zero-order valence-corrected chi connectivity index (χ0v) is 11.7. The topological polar surface area (TPSA) is 70.8 Å². The molecule has 0 saturated heterocycles. The van der Waals surface area contributed by atoms with Gasteiger partial charge in [-0.25, -0.2) is 0 Å². The lowest BCUT2D eigenvalue weighted by molar-refractivity contribution is -0.109. The van der Waals surface area contributed by atoms with E-state index in [-0.39, 0.29) is 0 Å². The van der Waals surface area contributed by atoms with Crippen molar-refractivity contribution in [3.63, 3.8) is 0 Å². The smallest absolute Gasteiger partial charge is 0.122 e. The molecule has 0 heterocycles. The normalized spacial score (nSPS) is 11.7. The molecule has 0 aromatic rings. The van der Waals surface area contributed by atoms with Gasteiger partial charge < -0.3 is 24.7 Å². The summed E-state index contributed by atoms with van der Waals surface area (Å²) in [6.45, 7) is 7.01. The highest BCUT2D eigenvalue weighted by Crippen LogP contribution is 2.05. The minimum atomic E-state index is -0.632. The van der Waals surface area contributed by atoms with Gasteiger partial charge in [0.1, 0.15) is 6.29 Å². The first kappa shape index (κ1) is 17.5. The van der Waals surface area contributed by atoms with Gasteiger partial charge in [0.2, 0.25) is 0 Å². The van der Waals surface area contributed by atoms with Crippen LogP contribution in [0.3, 0.4) is 0 Å². The van der Waals surface area contributed by atoms with Crippen LogP contribution in [0.25, 0.3) is 0 Å². The van der Waals surface area contributed by atoms with E-state index in [1.807, 2.05) is 13.8 Å². The van der Waals surface area contributed by atoms with Crippen LogP contribution in [0.2, 0.25) is 0 Å². The maximum Gasteiger partial charge on any atom is 0.122 e. The molecule has 2 N–H and O–H groups in total. The van der Waals surface area contributed by atoms with Gasteiger partial charge in [0, 0.05) is 19.6 Å². The summed E-state index contributed by atoms with van der Waals surface area (Å²) in [6, 6.07) is 0. The summed E-state index contributed by atoms with van der Waals surface area (Å²) in [5.41, 5.74) is 5.57. The van der Waals surface area contributed by atoms with Crippen molar-refractivity contribution < 1.29 is 19.0 Å². The molecule has 0 rings (SSSR count). The first-order valence-corrected chi connectivity index (χ1v) is 6.64. The highest BCUT2D eigenvalue weighted by atomic mass is 16.5. The maximum atomic E-state index is 10.2. The number of carbonyl (C=O) groups excluding carboxylic acids is 1. The van der Waals surface area contributed by atoms with Crippen LogP contribution >= 0.6 is 0 Å². The molecular formula is C13H27NO4. The average molecular weight is 261 g/mol. The summed E-state index contributed by atoms with van der Waals surface area (Å²) in [7, 11) is 0. The molecule has 0 aliphatic heterocycles. The lowest BCUT2D eigenvalue weighted by Gasteiger charge is -2.28. The molecule has 108 valence electrons. The molecule has 5 heteroatoms. The van der Waals surface area contributed by atoms with Gasteiger partial charge in [-0.05, 0) is 12.8 Å². The monoisotopic (exact) mass is 261 g/mol. The Balaban J connectivity index is 3.98. The van der Waals surface area contributed by atoms with E-state index in [0.717, 1.165) is 19.1 Å². The van der Waals surface area contributed by atoms with Gasteiger partial charge in [-0.1, -0.05) is 13.8 Å². The number of nitrogens with two attached hydrogens (primary N) is 1. The quantitative estimate of drug-likeness (QED) is 0.398. The molecule has 0 radical (unpaired) electrons. The molecule has 0 bridgehead atoms. The van der Waals surface area contributed by atoms with E-state index in [4.69, 9.17) is 19.9 Å². The Morgan fingerprint density at radius 3 is 1.78 bits per heavy atom. The molecule has 0 unspecified atom stereocenters. The van der Waals surface area contributed by atoms with Gasteiger partial charge in [-0.15, -0.1) is 0 Å². The number of hydrogen-bond donors (Lipinski definition) is 1. The average Bonchev–Trinajstić information content (AvgIpc) is 2.36. The predicted octanol–water partition coefficient (Wildman–Crippen LogP) is 1.14. The number of aldehydes is 1. The van der Waals surface area contributed by atoms with Gasteiger partial charge in [0.05, 0.1) is 32.0 Å². The Hall–Kier alpha value is -0.490. The Kier molecular flexibility index (Phi) is 11.3. The second-order valence-corrected chi connectivity index (χ2v) is 4.48. The Morgan fingerprint density at radius 1 is 0.944 bits per heavy atom. The van der Waals surface area contributed by atoms with E-state index in [2.05, 4.69) is 0 Å². The van der Waals surface area contributed by atoms with E-state index in [9.17, 15) is 4.79 Å². The predicted molar refractivity (Wildman–Crippen MR) is 70.6 cm³/mol. The molecule has 0 aliphatic carbocycles. The second kappa shape index (κ2) is 11.6. The highest BCUT2D eigenvalue weighted by molar-refractivity contribution is 5.49. The molecule has 0 aromatic heterocycles. The SMILES string of the molecule is CCCOCC(N)(COCCC)COCCC=O. The molecule has 0 atom stereocenters. The maximum absolute atomic E-state index is 10.2. The molecular weight excluding hydrogens is 234 g/mol. The molecule has 0 fully saturated rings. The van der Waals surface area contributed by atoms with Crippen molar-refractivity contribution in [1.82, 2.24) is 0 Å². The van der Waals surface area contributed by atoms with E-state index >= 15 is 0 Å². The molecule has 18 heavy (non-hydrogen) atoms. The van der Waals surface area contributed by atoms with Crippen LogP contribution in [0.4, 0.5) is 0 Å². The second-order valence-electron chi connectivity index (χ2n) is 4.48. The lowest BCUT2D eigenvalue weighted by Crippen LogP contribution is -2.53. The van der Waals surface area contributed by atoms with Crippen LogP contribution in [0.5, 0.6) is 0 Å². The van der Waals surface area contributed by atoms with Crippen molar-refractivity contribution in [2.24, 2.45) is 5.73 Å². The van der Waals surface area contributed by atoms with E-state index in [0.29, 0.717) is 46.1 Å².